The van der Waals surface area contributed by atoms with E-state index in [2.05, 4.69) is 10.6 Å². The van der Waals surface area contributed by atoms with E-state index in [1.807, 2.05) is 60.9 Å². The van der Waals surface area contributed by atoms with Crippen LogP contribution in [-0.2, 0) is 17.8 Å². The smallest absolute Gasteiger partial charge is 0.317 e. The third-order valence-corrected chi connectivity index (χ3v) is 6.42. The molecule has 2 aliphatic heterocycles. The molecule has 2 heterocycles. The average Bonchev–Trinajstić information content (AvgIpc) is 3.00. The summed E-state index contributed by atoms with van der Waals surface area (Å²) in [5.41, 5.74) is 1.16. The monoisotopic (exact) mass is 452 g/mol. The van der Waals surface area contributed by atoms with Crippen molar-refractivity contribution in [1.29, 1.82) is 0 Å². The number of nitrogens with one attached hydrogen (secondary N) is 2. The highest BCUT2D eigenvalue weighted by molar-refractivity contribution is 5.85. The van der Waals surface area contributed by atoms with Gasteiger partial charge in [0.2, 0.25) is 5.91 Å². The minimum absolute atomic E-state index is 0.0516. The molecule has 0 aliphatic carbocycles. The van der Waals surface area contributed by atoms with Crippen molar-refractivity contribution in [2.75, 3.05) is 13.1 Å². The maximum atomic E-state index is 13.6. The van der Waals surface area contributed by atoms with Gasteiger partial charge in [0.25, 0.3) is 0 Å². The van der Waals surface area contributed by atoms with Crippen LogP contribution in [0.3, 0.4) is 0 Å². The van der Waals surface area contributed by atoms with E-state index in [0.29, 0.717) is 38.9 Å². The van der Waals surface area contributed by atoms with Gasteiger partial charge in [-0.3, -0.25) is 10.1 Å². The van der Waals surface area contributed by atoms with Gasteiger partial charge < -0.3 is 15.1 Å². The zero-order chi connectivity index (χ0) is 23.6. The predicted molar refractivity (Wildman–Crippen MR) is 126 cm³/mol. The molecule has 1 atom stereocenters. The lowest BCUT2D eigenvalue weighted by Crippen LogP contribution is -2.61. The molecule has 2 aliphatic rings. The predicted octanol–water partition coefficient (Wildman–Crippen LogP) is 3.67. The molecule has 0 aromatic heterocycles. The number of carbonyl (C=O) groups is 2. The number of rotatable bonds is 4. The van der Waals surface area contributed by atoms with Crippen LogP contribution in [-0.4, -0.2) is 52.1 Å². The summed E-state index contributed by atoms with van der Waals surface area (Å²) < 4.78 is 13.4. The Morgan fingerprint density at radius 3 is 2.30 bits per heavy atom. The normalized spacial score (nSPS) is 20.4. The van der Waals surface area contributed by atoms with E-state index >= 15 is 0 Å². The molecular weight excluding hydrogens is 419 g/mol. The van der Waals surface area contributed by atoms with Crippen molar-refractivity contribution < 1.29 is 14.0 Å². The Morgan fingerprint density at radius 1 is 1.06 bits per heavy atom. The van der Waals surface area contributed by atoms with Crippen LogP contribution in [0.25, 0.3) is 0 Å². The van der Waals surface area contributed by atoms with Gasteiger partial charge in [-0.2, -0.15) is 0 Å². The number of amides is 3. The van der Waals surface area contributed by atoms with Crippen molar-refractivity contribution in [3.63, 3.8) is 0 Å². The van der Waals surface area contributed by atoms with Gasteiger partial charge in [-0.25, -0.2) is 9.18 Å². The first-order valence-corrected chi connectivity index (χ1v) is 11.6. The maximum absolute atomic E-state index is 13.6. The van der Waals surface area contributed by atoms with E-state index in [9.17, 15) is 14.0 Å². The second-order valence-corrected chi connectivity index (χ2v) is 10.1. The molecule has 0 radical (unpaired) electrons. The Bertz CT molecular complexity index is 980. The van der Waals surface area contributed by atoms with Crippen LogP contribution in [0, 0.1) is 5.82 Å². The number of benzene rings is 2. The molecule has 6 nitrogen and oxygen atoms in total. The van der Waals surface area contributed by atoms with Crippen molar-refractivity contribution >= 4 is 11.9 Å². The van der Waals surface area contributed by atoms with Crippen molar-refractivity contribution in [1.82, 2.24) is 20.4 Å². The molecular formula is C26H33FN4O2. The molecule has 2 aromatic rings. The molecule has 1 spiro atoms. The Balaban J connectivity index is 1.53. The van der Waals surface area contributed by atoms with E-state index < -0.39 is 5.66 Å². The van der Waals surface area contributed by atoms with E-state index in [0.717, 1.165) is 11.1 Å². The number of urea groups is 1. The first kappa shape index (κ1) is 23.2. The molecule has 4 rings (SSSR count). The Morgan fingerprint density at radius 2 is 1.70 bits per heavy atom. The van der Waals surface area contributed by atoms with Crippen molar-refractivity contribution in [2.24, 2.45) is 0 Å². The van der Waals surface area contributed by atoms with Gasteiger partial charge in [0.15, 0.2) is 0 Å². The van der Waals surface area contributed by atoms with Crippen molar-refractivity contribution in [3.05, 3.63) is 71.5 Å². The molecule has 2 aromatic carbocycles. The summed E-state index contributed by atoms with van der Waals surface area (Å²) in [6, 6.07) is 15.9. The average molecular weight is 453 g/mol. The van der Waals surface area contributed by atoms with Crippen LogP contribution >= 0.6 is 0 Å². The fourth-order valence-corrected chi connectivity index (χ4v) is 4.75. The Labute approximate surface area is 195 Å². The lowest BCUT2D eigenvalue weighted by atomic mass is 9.95. The van der Waals surface area contributed by atoms with Crippen LogP contribution in [0.1, 0.15) is 44.7 Å². The van der Waals surface area contributed by atoms with Crippen molar-refractivity contribution in [2.45, 2.75) is 63.8 Å². The van der Waals surface area contributed by atoms with Crippen LogP contribution in [0.15, 0.2) is 54.6 Å². The quantitative estimate of drug-likeness (QED) is 0.744. The van der Waals surface area contributed by atoms with Gasteiger partial charge >= 0.3 is 6.03 Å². The van der Waals surface area contributed by atoms with Crippen LogP contribution < -0.4 is 10.6 Å². The van der Waals surface area contributed by atoms with E-state index in [4.69, 9.17) is 0 Å². The van der Waals surface area contributed by atoms with Gasteiger partial charge in [-0.05, 0) is 50.5 Å². The van der Waals surface area contributed by atoms with Gasteiger partial charge in [0, 0.05) is 38.0 Å². The lowest BCUT2D eigenvalue weighted by Gasteiger charge is -2.45. The number of nitrogens with zero attached hydrogens (tertiary/aromatic N) is 2. The largest absolute Gasteiger partial charge is 0.333 e. The van der Waals surface area contributed by atoms with Gasteiger partial charge in [0.1, 0.15) is 5.82 Å². The molecule has 2 fully saturated rings. The van der Waals surface area contributed by atoms with E-state index in [1.165, 1.54) is 12.1 Å². The maximum Gasteiger partial charge on any atom is 0.317 e. The summed E-state index contributed by atoms with van der Waals surface area (Å²) in [6.45, 7) is 7.41. The van der Waals surface area contributed by atoms with Gasteiger partial charge in [0.05, 0.1) is 11.7 Å². The van der Waals surface area contributed by atoms with Crippen LogP contribution in [0.4, 0.5) is 9.18 Å². The van der Waals surface area contributed by atoms with E-state index in [1.54, 1.807) is 12.1 Å². The number of likely N-dealkylation sites (tertiary alicyclic amines) is 1. The molecule has 2 N–H and O–H groups in total. The van der Waals surface area contributed by atoms with Crippen molar-refractivity contribution in [3.8, 4) is 0 Å². The second kappa shape index (κ2) is 9.14. The number of hydrogen-bond acceptors (Lipinski definition) is 3. The Kier molecular flexibility index (Phi) is 6.43. The summed E-state index contributed by atoms with van der Waals surface area (Å²) in [5.74, 6) is -0.241. The fraction of sp³-hybridized carbons (Fsp3) is 0.462. The van der Waals surface area contributed by atoms with Crippen LogP contribution in [0.5, 0.6) is 0 Å². The van der Waals surface area contributed by atoms with E-state index in [-0.39, 0.29) is 29.3 Å². The van der Waals surface area contributed by atoms with Crippen LogP contribution in [0.2, 0.25) is 0 Å². The molecule has 7 heteroatoms. The first-order valence-electron chi connectivity index (χ1n) is 11.6. The lowest BCUT2D eigenvalue weighted by molar-refractivity contribution is -0.134. The molecule has 0 unspecified atom stereocenters. The molecule has 33 heavy (non-hydrogen) atoms. The molecule has 3 amide bonds. The highest BCUT2D eigenvalue weighted by Gasteiger charge is 2.51. The standard InChI is InChI=1S/C26H33FN4O2/c1-25(2,3)29-24(33)30-15-13-26(14-16-30)28-22(17-19-7-5-4-6-8-19)23(32)31(26)18-20-9-11-21(27)12-10-20/h4-12,22,28H,13-18H2,1-3H3,(H,29,33)/t22-/m0/s1. The SMILES string of the molecule is CC(C)(C)NC(=O)N1CCC2(CC1)N[C@@H](Cc1ccccc1)C(=O)N2Cc1ccc(F)cc1. The summed E-state index contributed by atoms with van der Waals surface area (Å²) in [6.07, 6.45) is 1.89. The summed E-state index contributed by atoms with van der Waals surface area (Å²) in [5, 5.41) is 6.66. The molecule has 0 saturated carbocycles. The molecule has 0 bridgehead atoms. The summed E-state index contributed by atoms with van der Waals surface area (Å²) in [4.78, 5) is 30.0. The second-order valence-electron chi connectivity index (χ2n) is 10.1. The number of carbonyl (C=O) groups excluding carboxylic acids is 2. The zero-order valence-corrected chi connectivity index (χ0v) is 19.6. The fourth-order valence-electron chi connectivity index (χ4n) is 4.75. The first-order chi connectivity index (χ1) is 15.7. The Hall–Kier alpha value is -2.93. The minimum Gasteiger partial charge on any atom is -0.333 e. The highest BCUT2D eigenvalue weighted by atomic mass is 19.1. The minimum atomic E-state index is -0.524. The van der Waals surface area contributed by atoms with Gasteiger partial charge in [-0.15, -0.1) is 0 Å². The van der Waals surface area contributed by atoms with Gasteiger partial charge in [-0.1, -0.05) is 42.5 Å². The third kappa shape index (κ3) is 5.36. The summed E-state index contributed by atoms with van der Waals surface area (Å²) in [7, 11) is 0. The topological polar surface area (TPSA) is 64.7 Å². The zero-order valence-electron chi connectivity index (χ0n) is 19.6. The number of hydrogen-bond donors (Lipinski definition) is 2. The number of halogens is 1. The highest BCUT2D eigenvalue weighted by Crippen LogP contribution is 2.35. The third-order valence-electron chi connectivity index (χ3n) is 6.42. The molecule has 2 saturated heterocycles. The molecule has 176 valence electrons. The summed E-state index contributed by atoms with van der Waals surface area (Å²) >= 11 is 0. The number of piperidine rings is 1.